The normalized spacial score (nSPS) is 11.0. The molecule has 4 nitrogen and oxygen atoms in total. The van der Waals surface area contributed by atoms with E-state index in [4.69, 9.17) is 0 Å². The van der Waals surface area contributed by atoms with Gasteiger partial charge in [0, 0.05) is 17.3 Å². The van der Waals surface area contributed by atoms with Gasteiger partial charge in [0.1, 0.15) is 11.1 Å². The van der Waals surface area contributed by atoms with Crippen molar-refractivity contribution in [2.75, 3.05) is 5.32 Å². The molecule has 0 fully saturated rings. The zero-order valence-electron chi connectivity index (χ0n) is 13.7. The second-order valence-electron chi connectivity index (χ2n) is 5.62. The Kier molecular flexibility index (Phi) is 5.23. The van der Waals surface area contributed by atoms with Gasteiger partial charge in [0.05, 0.1) is 17.5 Å². The Hall–Kier alpha value is -3.18. The largest absolute Gasteiger partial charge is 0.416 e. The number of nitrogens with zero attached hydrogens (tertiary/aromatic N) is 2. The summed E-state index contributed by atoms with van der Waals surface area (Å²) in [4.78, 5) is 17.0. The number of anilines is 1. The van der Waals surface area contributed by atoms with Crippen molar-refractivity contribution in [3.63, 3.8) is 0 Å². The Bertz CT molecular complexity index is 1010. The summed E-state index contributed by atoms with van der Waals surface area (Å²) in [7, 11) is 0. The molecule has 136 valence electrons. The van der Waals surface area contributed by atoms with Crippen LogP contribution >= 0.6 is 11.3 Å². The summed E-state index contributed by atoms with van der Waals surface area (Å²) >= 11 is 1.22. The number of hydrogen-bond donors (Lipinski definition) is 1. The summed E-state index contributed by atoms with van der Waals surface area (Å²) in [6.45, 7) is 0. The van der Waals surface area contributed by atoms with Gasteiger partial charge in [0.15, 0.2) is 0 Å². The average Bonchev–Trinajstić information content (AvgIpc) is 3.04. The van der Waals surface area contributed by atoms with E-state index in [-0.39, 0.29) is 12.0 Å². The fourth-order valence-electron chi connectivity index (χ4n) is 2.44. The van der Waals surface area contributed by atoms with Crippen LogP contribution in [0.5, 0.6) is 0 Å². The smallest absolute Gasteiger partial charge is 0.316 e. The maximum Gasteiger partial charge on any atom is 0.416 e. The van der Waals surface area contributed by atoms with Gasteiger partial charge in [-0.15, -0.1) is 11.3 Å². The molecule has 0 bridgehead atoms. The van der Waals surface area contributed by atoms with Gasteiger partial charge in [-0.3, -0.25) is 9.78 Å². The number of thiophene rings is 1. The summed E-state index contributed by atoms with van der Waals surface area (Å²) in [6.07, 6.45) is -1.45. The Balaban J connectivity index is 1.77. The minimum absolute atomic E-state index is 0.225. The van der Waals surface area contributed by atoms with Crippen LogP contribution in [0.15, 0.2) is 54.9 Å². The molecule has 0 saturated heterocycles. The zero-order chi connectivity index (χ0) is 19.4. The maximum atomic E-state index is 12.8. The van der Waals surface area contributed by atoms with E-state index < -0.39 is 17.6 Å². The Morgan fingerprint density at radius 2 is 1.93 bits per heavy atom. The van der Waals surface area contributed by atoms with Crippen LogP contribution in [0.3, 0.4) is 0 Å². The second kappa shape index (κ2) is 7.60. The molecule has 1 aromatic carbocycles. The second-order valence-corrected chi connectivity index (χ2v) is 6.68. The third kappa shape index (κ3) is 4.51. The topological polar surface area (TPSA) is 65.8 Å². The molecule has 2 heterocycles. The van der Waals surface area contributed by atoms with E-state index in [1.54, 1.807) is 30.6 Å². The predicted octanol–water partition coefficient (Wildman–Crippen LogP) is 4.88. The minimum atomic E-state index is -4.46. The highest BCUT2D eigenvalue weighted by atomic mass is 32.1. The first-order chi connectivity index (χ1) is 12.9. The third-order valence-electron chi connectivity index (χ3n) is 3.69. The number of carbonyl (C=O) groups excluding carboxylic acids is 1. The van der Waals surface area contributed by atoms with Gasteiger partial charge in [-0.05, 0) is 35.4 Å². The Morgan fingerprint density at radius 3 is 2.59 bits per heavy atom. The van der Waals surface area contributed by atoms with Gasteiger partial charge in [-0.2, -0.15) is 18.4 Å². The lowest BCUT2D eigenvalue weighted by atomic mass is 10.1. The highest BCUT2D eigenvalue weighted by Gasteiger charge is 2.30. The standard InChI is InChI=1S/C19H12F3N3OS/c20-19(21,22)15-3-1-2-12(8-15)9-17(26)25-18-14(11-23)10-16(27-18)13-4-6-24-7-5-13/h1-8,10H,9H2,(H,25,26). The molecule has 8 heteroatoms. The van der Waals surface area contributed by atoms with Gasteiger partial charge in [0.2, 0.25) is 5.91 Å². The number of aromatic nitrogens is 1. The third-order valence-corrected chi connectivity index (χ3v) is 4.79. The molecule has 27 heavy (non-hydrogen) atoms. The maximum absolute atomic E-state index is 12.8. The van der Waals surface area contributed by atoms with Gasteiger partial charge >= 0.3 is 6.18 Å². The van der Waals surface area contributed by atoms with Crippen molar-refractivity contribution in [1.29, 1.82) is 5.26 Å². The molecular weight excluding hydrogens is 375 g/mol. The summed E-state index contributed by atoms with van der Waals surface area (Å²) in [6, 6.07) is 11.8. The number of pyridine rings is 1. The lowest BCUT2D eigenvalue weighted by molar-refractivity contribution is -0.137. The number of alkyl halides is 3. The first-order valence-corrected chi connectivity index (χ1v) is 8.59. The molecule has 0 aliphatic heterocycles. The predicted molar refractivity (Wildman–Crippen MR) is 96.0 cm³/mol. The van der Waals surface area contributed by atoms with E-state index >= 15 is 0 Å². The van der Waals surface area contributed by atoms with E-state index in [1.807, 2.05) is 6.07 Å². The summed E-state index contributed by atoms with van der Waals surface area (Å²) < 4.78 is 38.3. The van der Waals surface area contributed by atoms with Crippen LogP contribution in [-0.4, -0.2) is 10.9 Å². The van der Waals surface area contributed by atoms with Crippen molar-refractivity contribution >= 4 is 22.2 Å². The summed E-state index contributed by atoms with van der Waals surface area (Å²) in [5, 5.41) is 12.3. The van der Waals surface area contributed by atoms with Crippen LogP contribution < -0.4 is 5.32 Å². The molecule has 2 aromatic heterocycles. The van der Waals surface area contributed by atoms with E-state index in [2.05, 4.69) is 10.3 Å². The number of amides is 1. The summed E-state index contributed by atoms with van der Waals surface area (Å²) in [5.41, 5.74) is 0.586. The van der Waals surface area contributed by atoms with Crippen LogP contribution in [0.25, 0.3) is 10.4 Å². The zero-order valence-corrected chi connectivity index (χ0v) is 14.6. The fourth-order valence-corrected chi connectivity index (χ4v) is 3.47. The molecule has 0 spiro atoms. The first-order valence-electron chi connectivity index (χ1n) is 7.77. The van der Waals surface area contributed by atoms with Crippen molar-refractivity contribution < 1.29 is 18.0 Å². The molecule has 3 rings (SSSR count). The van der Waals surface area contributed by atoms with E-state index in [9.17, 15) is 23.2 Å². The van der Waals surface area contributed by atoms with Gasteiger partial charge < -0.3 is 5.32 Å². The van der Waals surface area contributed by atoms with Gasteiger partial charge in [0.25, 0.3) is 0 Å². The number of halogens is 3. The van der Waals surface area contributed by atoms with E-state index in [0.29, 0.717) is 10.6 Å². The molecule has 0 unspecified atom stereocenters. The lowest BCUT2D eigenvalue weighted by Gasteiger charge is -2.08. The van der Waals surface area contributed by atoms with Crippen LogP contribution in [-0.2, 0) is 17.4 Å². The number of benzene rings is 1. The molecule has 0 radical (unpaired) electrons. The monoisotopic (exact) mass is 387 g/mol. The number of nitrogens with one attached hydrogen (secondary N) is 1. The molecular formula is C19H12F3N3OS. The number of nitriles is 1. The van der Waals surface area contributed by atoms with Crippen molar-refractivity contribution in [3.05, 3.63) is 71.5 Å². The first kappa shape index (κ1) is 18.6. The van der Waals surface area contributed by atoms with Crippen molar-refractivity contribution in [2.45, 2.75) is 12.6 Å². The quantitative estimate of drug-likeness (QED) is 0.694. The van der Waals surface area contributed by atoms with Gasteiger partial charge in [-0.25, -0.2) is 0 Å². The van der Waals surface area contributed by atoms with Crippen molar-refractivity contribution in [3.8, 4) is 16.5 Å². The fraction of sp³-hybridized carbons (Fsp3) is 0.105. The molecule has 0 saturated carbocycles. The Labute approximate surface area is 156 Å². The molecule has 1 N–H and O–H groups in total. The molecule has 0 atom stereocenters. The van der Waals surface area contributed by atoms with Crippen LogP contribution in [0.4, 0.5) is 18.2 Å². The highest BCUT2D eigenvalue weighted by molar-refractivity contribution is 7.19. The van der Waals surface area contributed by atoms with Crippen LogP contribution in [0, 0.1) is 11.3 Å². The van der Waals surface area contributed by atoms with E-state index in [1.165, 1.54) is 23.5 Å². The number of carbonyl (C=O) groups is 1. The number of rotatable bonds is 4. The Morgan fingerprint density at radius 1 is 1.19 bits per heavy atom. The average molecular weight is 387 g/mol. The molecule has 1 amide bonds. The van der Waals surface area contributed by atoms with Crippen molar-refractivity contribution in [1.82, 2.24) is 4.98 Å². The lowest BCUT2D eigenvalue weighted by Crippen LogP contribution is -2.15. The molecule has 0 aliphatic carbocycles. The van der Waals surface area contributed by atoms with Gasteiger partial charge in [-0.1, -0.05) is 18.2 Å². The van der Waals surface area contributed by atoms with Crippen molar-refractivity contribution in [2.24, 2.45) is 0 Å². The molecule has 3 aromatic rings. The summed E-state index contributed by atoms with van der Waals surface area (Å²) in [5.74, 6) is -0.492. The van der Waals surface area contributed by atoms with E-state index in [0.717, 1.165) is 22.6 Å². The SMILES string of the molecule is N#Cc1cc(-c2ccncc2)sc1NC(=O)Cc1cccc(C(F)(F)F)c1. The number of hydrogen-bond acceptors (Lipinski definition) is 4. The van der Waals surface area contributed by atoms with Crippen LogP contribution in [0.2, 0.25) is 0 Å². The minimum Gasteiger partial charge on any atom is -0.316 e. The van der Waals surface area contributed by atoms with Crippen LogP contribution in [0.1, 0.15) is 16.7 Å². The molecule has 0 aliphatic rings. The highest BCUT2D eigenvalue weighted by Crippen LogP contribution is 2.35.